The number of rotatable bonds is 1. The van der Waals surface area contributed by atoms with Gasteiger partial charge in [0.15, 0.2) is 0 Å². The first-order chi connectivity index (χ1) is 10.3. The van der Waals surface area contributed by atoms with Crippen LogP contribution in [0.4, 0.5) is 0 Å². The molecule has 128 valence electrons. The monoisotopic (exact) mass is 314 g/mol. The Kier molecular flexibility index (Phi) is 7.29. The van der Waals surface area contributed by atoms with Gasteiger partial charge in [0.2, 0.25) is 11.8 Å². The van der Waals surface area contributed by atoms with Gasteiger partial charge in [-0.1, -0.05) is 6.92 Å². The summed E-state index contributed by atoms with van der Waals surface area (Å²) >= 11 is 0. The lowest BCUT2D eigenvalue weighted by Gasteiger charge is -2.29. The summed E-state index contributed by atoms with van der Waals surface area (Å²) < 4.78 is 5.42. The molecule has 0 bridgehead atoms. The average molecular weight is 314 g/mol. The van der Waals surface area contributed by atoms with Gasteiger partial charge >= 0.3 is 0 Å². The van der Waals surface area contributed by atoms with Gasteiger partial charge in [-0.2, -0.15) is 0 Å². The summed E-state index contributed by atoms with van der Waals surface area (Å²) in [6, 6.07) is 0. The summed E-state index contributed by atoms with van der Waals surface area (Å²) in [7, 11) is 3.35. The van der Waals surface area contributed by atoms with E-state index in [1.165, 1.54) is 0 Å². The molecule has 0 aromatic rings. The molecule has 0 aliphatic carbocycles. The Balaban J connectivity index is 2.77. The first-order valence-electron chi connectivity index (χ1n) is 8.03. The highest BCUT2D eigenvalue weighted by Gasteiger charge is 2.28. The van der Waals surface area contributed by atoms with Crippen LogP contribution in [0.25, 0.3) is 0 Å². The Hall–Kier alpha value is -1.14. The molecule has 0 aromatic carbocycles. The number of methoxy groups -OCH3 is 1. The van der Waals surface area contributed by atoms with Gasteiger partial charge in [0.05, 0.1) is 17.6 Å². The number of aliphatic hydroxyl groups is 1. The lowest BCUT2D eigenvalue weighted by molar-refractivity contribution is -0.131. The normalized spacial score (nSPS) is 33.2. The smallest absolute Gasteiger partial charge is 0.225 e. The zero-order valence-corrected chi connectivity index (χ0v) is 14.2. The van der Waals surface area contributed by atoms with E-state index in [0.29, 0.717) is 38.8 Å². The fourth-order valence-electron chi connectivity index (χ4n) is 2.79. The van der Waals surface area contributed by atoms with Crippen molar-refractivity contribution in [3.8, 4) is 0 Å². The van der Waals surface area contributed by atoms with Crippen LogP contribution in [0.3, 0.4) is 0 Å². The van der Waals surface area contributed by atoms with Gasteiger partial charge in [0, 0.05) is 33.7 Å². The molecule has 0 saturated carbocycles. The molecule has 6 nitrogen and oxygen atoms in total. The third kappa shape index (κ3) is 5.93. The SMILES string of the molecule is CO[C@H]1CCC(C)(O)CCCN(C)C(=O)CCNC(=O)C1C. The molecule has 22 heavy (non-hydrogen) atoms. The summed E-state index contributed by atoms with van der Waals surface area (Å²) in [6.45, 7) is 4.59. The average Bonchev–Trinajstić information content (AvgIpc) is 2.46. The van der Waals surface area contributed by atoms with Crippen LogP contribution < -0.4 is 5.32 Å². The van der Waals surface area contributed by atoms with E-state index in [9.17, 15) is 14.7 Å². The van der Waals surface area contributed by atoms with E-state index in [2.05, 4.69) is 5.32 Å². The van der Waals surface area contributed by atoms with Gasteiger partial charge in [-0.15, -0.1) is 0 Å². The Labute approximate surface area is 133 Å². The van der Waals surface area contributed by atoms with Crippen molar-refractivity contribution in [2.75, 3.05) is 27.2 Å². The van der Waals surface area contributed by atoms with E-state index < -0.39 is 5.60 Å². The van der Waals surface area contributed by atoms with E-state index in [1.54, 1.807) is 26.0 Å². The molecule has 0 radical (unpaired) electrons. The summed E-state index contributed by atoms with van der Waals surface area (Å²) in [4.78, 5) is 25.7. The highest BCUT2D eigenvalue weighted by molar-refractivity contribution is 5.80. The van der Waals surface area contributed by atoms with E-state index >= 15 is 0 Å². The molecule has 6 heteroatoms. The Bertz CT molecular complexity index is 384. The fourth-order valence-corrected chi connectivity index (χ4v) is 2.79. The van der Waals surface area contributed by atoms with Crippen LogP contribution in [-0.4, -0.2) is 60.8 Å². The summed E-state index contributed by atoms with van der Waals surface area (Å²) in [5.41, 5.74) is -0.805. The van der Waals surface area contributed by atoms with Gasteiger partial charge in [-0.05, 0) is 32.6 Å². The van der Waals surface area contributed by atoms with Gasteiger partial charge in [0.1, 0.15) is 0 Å². The van der Waals surface area contributed by atoms with E-state index in [-0.39, 0.29) is 23.8 Å². The molecule has 1 fully saturated rings. The number of nitrogens with zero attached hydrogens (tertiary/aromatic N) is 1. The number of carbonyl (C=O) groups is 2. The van der Waals surface area contributed by atoms with Crippen molar-refractivity contribution in [2.24, 2.45) is 5.92 Å². The largest absolute Gasteiger partial charge is 0.390 e. The maximum atomic E-state index is 12.1. The lowest BCUT2D eigenvalue weighted by Crippen LogP contribution is -2.40. The van der Waals surface area contributed by atoms with Crippen molar-refractivity contribution >= 4 is 11.8 Å². The predicted octanol–water partition coefficient (Wildman–Crippen LogP) is 0.927. The van der Waals surface area contributed by atoms with Gasteiger partial charge in [-0.25, -0.2) is 0 Å². The summed E-state index contributed by atoms with van der Waals surface area (Å²) in [6.07, 6.45) is 2.65. The van der Waals surface area contributed by atoms with Crippen molar-refractivity contribution in [2.45, 2.75) is 57.7 Å². The van der Waals surface area contributed by atoms with E-state index in [1.807, 2.05) is 6.92 Å². The number of amides is 2. The maximum absolute atomic E-state index is 12.1. The summed E-state index contributed by atoms with van der Waals surface area (Å²) in [5.74, 6) is -0.413. The van der Waals surface area contributed by atoms with Crippen molar-refractivity contribution in [1.29, 1.82) is 0 Å². The molecular formula is C16H30N2O4. The van der Waals surface area contributed by atoms with Crippen LogP contribution in [0.2, 0.25) is 0 Å². The number of carbonyl (C=O) groups excluding carboxylic acids is 2. The second kappa shape index (κ2) is 8.48. The van der Waals surface area contributed by atoms with Crippen LogP contribution in [0.1, 0.15) is 46.0 Å². The standard InChI is InChI=1S/C16H30N2O4/c1-12-13(22-4)6-9-16(2,21)8-5-11-18(3)14(19)7-10-17-15(12)20/h12-13,21H,5-11H2,1-4H3,(H,17,20)/t12?,13-,16?/m0/s1. The van der Waals surface area contributed by atoms with Crippen LogP contribution in [-0.2, 0) is 14.3 Å². The number of hydrogen-bond acceptors (Lipinski definition) is 4. The molecule has 2 N–H and O–H groups in total. The second-order valence-corrected chi connectivity index (χ2v) is 6.56. The van der Waals surface area contributed by atoms with Crippen molar-refractivity contribution in [3.63, 3.8) is 0 Å². The predicted molar refractivity (Wildman–Crippen MR) is 84.3 cm³/mol. The molecule has 2 unspecified atom stereocenters. The molecule has 1 rings (SSSR count). The second-order valence-electron chi connectivity index (χ2n) is 6.56. The Morgan fingerprint density at radius 3 is 2.68 bits per heavy atom. The molecule has 1 aliphatic rings. The van der Waals surface area contributed by atoms with Crippen LogP contribution in [0.15, 0.2) is 0 Å². The van der Waals surface area contributed by atoms with E-state index in [0.717, 1.165) is 6.42 Å². The first kappa shape index (κ1) is 18.9. The van der Waals surface area contributed by atoms with Gasteiger partial charge in [0.25, 0.3) is 0 Å². The van der Waals surface area contributed by atoms with Crippen LogP contribution in [0, 0.1) is 5.92 Å². The number of ether oxygens (including phenoxy) is 1. The number of nitrogens with one attached hydrogen (secondary N) is 1. The highest BCUT2D eigenvalue weighted by atomic mass is 16.5. The Morgan fingerprint density at radius 1 is 1.36 bits per heavy atom. The topological polar surface area (TPSA) is 78.9 Å². The molecule has 3 atom stereocenters. The van der Waals surface area contributed by atoms with E-state index in [4.69, 9.17) is 4.74 Å². The van der Waals surface area contributed by atoms with Gasteiger partial charge < -0.3 is 20.1 Å². The fraction of sp³-hybridized carbons (Fsp3) is 0.875. The van der Waals surface area contributed by atoms with Crippen molar-refractivity contribution in [3.05, 3.63) is 0 Å². The molecule has 0 spiro atoms. The zero-order chi connectivity index (χ0) is 16.8. The third-order valence-corrected chi connectivity index (χ3v) is 4.51. The molecule has 1 heterocycles. The highest BCUT2D eigenvalue weighted by Crippen LogP contribution is 2.23. The van der Waals surface area contributed by atoms with Crippen molar-refractivity contribution < 1.29 is 19.4 Å². The zero-order valence-electron chi connectivity index (χ0n) is 14.2. The summed E-state index contributed by atoms with van der Waals surface area (Å²) in [5, 5.41) is 13.2. The third-order valence-electron chi connectivity index (χ3n) is 4.51. The molecule has 1 saturated heterocycles. The minimum atomic E-state index is -0.805. The minimum Gasteiger partial charge on any atom is -0.390 e. The van der Waals surface area contributed by atoms with Crippen LogP contribution >= 0.6 is 0 Å². The van der Waals surface area contributed by atoms with Crippen molar-refractivity contribution in [1.82, 2.24) is 10.2 Å². The molecule has 1 aliphatic heterocycles. The quantitative estimate of drug-likeness (QED) is 0.754. The molecule has 2 amide bonds. The maximum Gasteiger partial charge on any atom is 0.225 e. The molecular weight excluding hydrogens is 284 g/mol. The van der Waals surface area contributed by atoms with Crippen LogP contribution in [0.5, 0.6) is 0 Å². The lowest BCUT2D eigenvalue weighted by atomic mass is 9.89. The number of hydrogen-bond donors (Lipinski definition) is 2. The first-order valence-corrected chi connectivity index (χ1v) is 8.03. The van der Waals surface area contributed by atoms with Gasteiger partial charge in [-0.3, -0.25) is 9.59 Å². The minimum absolute atomic E-state index is 0.00736. The molecule has 0 aromatic heterocycles. The Morgan fingerprint density at radius 2 is 2.05 bits per heavy atom.